The largest absolute Gasteiger partial charge is 0.497 e. The van der Waals surface area contributed by atoms with E-state index in [0.717, 1.165) is 18.6 Å². The van der Waals surface area contributed by atoms with E-state index in [4.69, 9.17) is 9.47 Å². The molecular weight excluding hydrogens is 422 g/mol. The first-order chi connectivity index (χ1) is 16.0. The molecule has 8 heteroatoms. The van der Waals surface area contributed by atoms with Crippen molar-refractivity contribution in [3.8, 4) is 11.5 Å². The highest BCUT2D eigenvalue weighted by Crippen LogP contribution is 2.28. The summed E-state index contributed by atoms with van der Waals surface area (Å²) in [6, 6.07) is 14.1. The lowest BCUT2D eigenvalue weighted by atomic mass is 10.0. The van der Waals surface area contributed by atoms with Crippen molar-refractivity contribution in [2.24, 2.45) is 0 Å². The van der Waals surface area contributed by atoms with Gasteiger partial charge in [-0.2, -0.15) is 0 Å². The molecule has 4 rings (SSSR count). The average molecular weight is 454 g/mol. The van der Waals surface area contributed by atoms with E-state index in [-0.39, 0.29) is 17.9 Å². The van der Waals surface area contributed by atoms with E-state index in [9.17, 15) is 14.7 Å². The van der Waals surface area contributed by atoms with Crippen LogP contribution in [0.2, 0.25) is 0 Å². The normalized spacial score (nSPS) is 21.6. The van der Waals surface area contributed by atoms with Crippen molar-refractivity contribution in [1.29, 1.82) is 0 Å². The third-order valence-corrected chi connectivity index (χ3v) is 6.51. The number of carbonyl (C=O) groups excluding carboxylic acids is 2. The summed E-state index contributed by atoms with van der Waals surface area (Å²) in [6.45, 7) is 1.69. The third kappa shape index (κ3) is 5.29. The molecule has 2 aliphatic rings. The van der Waals surface area contributed by atoms with Gasteiger partial charge in [0, 0.05) is 36.9 Å². The molecule has 0 spiro atoms. The maximum absolute atomic E-state index is 13.0. The smallest absolute Gasteiger partial charge is 0.253 e. The van der Waals surface area contributed by atoms with Crippen molar-refractivity contribution in [3.05, 3.63) is 54.1 Å². The zero-order valence-electron chi connectivity index (χ0n) is 19.1. The summed E-state index contributed by atoms with van der Waals surface area (Å²) in [6.07, 6.45) is 1.39. The number of hydrogen-bond donors (Lipinski definition) is 2. The summed E-state index contributed by atoms with van der Waals surface area (Å²) >= 11 is 0. The SMILES string of the molecule is COc1ccc(NC(=O)[C@@H]2C[C@@H](O)CN2C2CCN(C(=O)c3cccc(OC)c3)CC2)cc1. The Morgan fingerprint density at radius 2 is 1.70 bits per heavy atom. The summed E-state index contributed by atoms with van der Waals surface area (Å²) in [5.41, 5.74) is 1.31. The van der Waals surface area contributed by atoms with E-state index < -0.39 is 12.1 Å². The zero-order chi connectivity index (χ0) is 23.4. The van der Waals surface area contributed by atoms with Crippen LogP contribution < -0.4 is 14.8 Å². The molecule has 0 aliphatic carbocycles. The molecule has 2 aromatic carbocycles. The van der Waals surface area contributed by atoms with Crippen LogP contribution in [-0.2, 0) is 4.79 Å². The molecule has 0 radical (unpaired) electrons. The van der Waals surface area contributed by atoms with Gasteiger partial charge in [0.05, 0.1) is 26.4 Å². The van der Waals surface area contributed by atoms with Crippen molar-refractivity contribution >= 4 is 17.5 Å². The van der Waals surface area contributed by atoms with E-state index in [0.29, 0.717) is 43.1 Å². The second-order valence-corrected chi connectivity index (χ2v) is 8.58. The van der Waals surface area contributed by atoms with Crippen LogP contribution in [-0.4, -0.2) is 78.8 Å². The number of nitrogens with zero attached hydrogens (tertiary/aromatic N) is 2. The van der Waals surface area contributed by atoms with Crippen LogP contribution in [0.1, 0.15) is 29.6 Å². The molecule has 0 unspecified atom stereocenters. The Kier molecular flexibility index (Phi) is 7.15. The number of aliphatic hydroxyl groups excluding tert-OH is 1. The summed E-state index contributed by atoms with van der Waals surface area (Å²) in [5, 5.41) is 13.3. The second-order valence-electron chi connectivity index (χ2n) is 8.58. The van der Waals surface area contributed by atoms with Gasteiger partial charge in [0.2, 0.25) is 5.91 Å². The first-order valence-corrected chi connectivity index (χ1v) is 11.3. The number of aliphatic hydroxyl groups is 1. The van der Waals surface area contributed by atoms with Crippen molar-refractivity contribution in [2.45, 2.75) is 37.5 Å². The Morgan fingerprint density at radius 1 is 1.00 bits per heavy atom. The van der Waals surface area contributed by atoms with Crippen LogP contribution in [0.15, 0.2) is 48.5 Å². The second kappa shape index (κ2) is 10.2. The van der Waals surface area contributed by atoms with Crippen molar-refractivity contribution in [2.75, 3.05) is 39.2 Å². The van der Waals surface area contributed by atoms with Crippen LogP contribution in [0.5, 0.6) is 11.5 Å². The molecule has 2 aliphatic heterocycles. The van der Waals surface area contributed by atoms with Crippen LogP contribution in [0.25, 0.3) is 0 Å². The van der Waals surface area contributed by atoms with Gasteiger partial charge < -0.3 is 24.8 Å². The molecule has 2 amide bonds. The molecule has 2 N–H and O–H groups in total. The van der Waals surface area contributed by atoms with Crippen molar-refractivity contribution in [3.63, 3.8) is 0 Å². The van der Waals surface area contributed by atoms with Gasteiger partial charge in [-0.25, -0.2) is 0 Å². The monoisotopic (exact) mass is 453 g/mol. The number of hydrogen-bond acceptors (Lipinski definition) is 6. The minimum Gasteiger partial charge on any atom is -0.497 e. The fourth-order valence-corrected chi connectivity index (χ4v) is 4.74. The van der Waals surface area contributed by atoms with Crippen molar-refractivity contribution < 1.29 is 24.2 Å². The standard InChI is InChI=1S/C25H31N3O5/c1-32-21-8-6-18(7-9-21)26-24(30)23-15-20(29)16-28(23)19-10-12-27(13-11-19)25(31)17-4-3-5-22(14-17)33-2/h3-9,14,19-20,23,29H,10-13,15-16H2,1-2H3,(H,26,30)/t20-,23+/m1/s1. The topological polar surface area (TPSA) is 91.3 Å². The van der Waals surface area contributed by atoms with Gasteiger partial charge in [-0.15, -0.1) is 0 Å². The number of likely N-dealkylation sites (tertiary alicyclic amines) is 2. The first kappa shape index (κ1) is 23.1. The molecule has 0 saturated carbocycles. The molecule has 176 valence electrons. The summed E-state index contributed by atoms with van der Waals surface area (Å²) in [7, 11) is 3.18. The highest BCUT2D eigenvalue weighted by Gasteiger charge is 2.41. The minimum absolute atomic E-state index is 0.0115. The van der Waals surface area contributed by atoms with Gasteiger partial charge in [-0.1, -0.05) is 6.07 Å². The quantitative estimate of drug-likeness (QED) is 0.698. The van der Waals surface area contributed by atoms with E-state index >= 15 is 0 Å². The summed E-state index contributed by atoms with van der Waals surface area (Å²) in [4.78, 5) is 29.9. The van der Waals surface area contributed by atoms with Gasteiger partial charge in [0.1, 0.15) is 11.5 Å². The lowest BCUT2D eigenvalue weighted by Gasteiger charge is -2.39. The number of ether oxygens (including phenoxy) is 2. The summed E-state index contributed by atoms with van der Waals surface area (Å²) in [5.74, 6) is 1.25. The van der Waals surface area contributed by atoms with Gasteiger partial charge in [-0.05, 0) is 61.7 Å². The predicted molar refractivity (Wildman–Crippen MR) is 125 cm³/mol. The van der Waals surface area contributed by atoms with E-state index in [1.807, 2.05) is 17.0 Å². The molecule has 33 heavy (non-hydrogen) atoms. The Hall–Kier alpha value is -3.10. The van der Waals surface area contributed by atoms with Crippen LogP contribution in [0.3, 0.4) is 0 Å². The Balaban J connectivity index is 1.36. The van der Waals surface area contributed by atoms with Crippen LogP contribution in [0.4, 0.5) is 5.69 Å². The highest BCUT2D eigenvalue weighted by atomic mass is 16.5. The number of benzene rings is 2. The van der Waals surface area contributed by atoms with Crippen LogP contribution >= 0.6 is 0 Å². The molecule has 2 heterocycles. The maximum Gasteiger partial charge on any atom is 0.253 e. The molecule has 2 aromatic rings. The summed E-state index contributed by atoms with van der Waals surface area (Å²) < 4.78 is 10.4. The molecule has 2 fully saturated rings. The lowest BCUT2D eigenvalue weighted by molar-refractivity contribution is -0.121. The predicted octanol–water partition coefficient (Wildman–Crippen LogP) is 2.38. The van der Waals surface area contributed by atoms with E-state index in [1.165, 1.54) is 0 Å². The number of piperidine rings is 1. The van der Waals surface area contributed by atoms with Gasteiger partial charge in [-0.3, -0.25) is 14.5 Å². The number of rotatable bonds is 6. The molecule has 2 saturated heterocycles. The Bertz CT molecular complexity index is 972. The molecule has 8 nitrogen and oxygen atoms in total. The lowest BCUT2D eigenvalue weighted by Crippen LogP contribution is -2.51. The number of methoxy groups -OCH3 is 2. The number of anilines is 1. The van der Waals surface area contributed by atoms with E-state index in [1.54, 1.807) is 50.6 Å². The number of carbonyl (C=O) groups is 2. The molecule has 2 atom stereocenters. The highest BCUT2D eigenvalue weighted by molar-refractivity contribution is 5.95. The average Bonchev–Trinajstić information content (AvgIpc) is 3.26. The van der Waals surface area contributed by atoms with Gasteiger partial charge >= 0.3 is 0 Å². The van der Waals surface area contributed by atoms with E-state index in [2.05, 4.69) is 10.2 Å². The number of β-amino-alcohol motifs (C(OH)–C–C–N with tert-alkyl or cyclic N) is 1. The maximum atomic E-state index is 13.0. The number of amides is 2. The Morgan fingerprint density at radius 3 is 2.36 bits per heavy atom. The van der Waals surface area contributed by atoms with Gasteiger partial charge in [0.25, 0.3) is 5.91 Å². The number of nitrogens with one attached hydrogen (secondary N) is 1. The minimum atomic E-state index is -0.534. The zero-order valence-corrected chi connectivity index (χ0v) is 19.1. The Labute approximate surface area is 194 Å². The molecule has 0 aromatic heterocycles. The first-order valence-electron chi connectivity index (χ1n) is 11.3. The van der Waals surface area contributed by atoms with Crippen molar-refractivity contribution in [1.82, 2.24) is 9.80 Å². The third-order valence-electron chi connectivity index (χ3n) is 6.51. The molecule has 0 bridgehead atoms. The molecular formula is C25H31N3O5. The fraction of sp³-hybridized carbons (Fsp3) is 0.440. The fourth-order valence-electron chi connectivity index (χ4n) is 4.74. The van der Waals surface area contributed by atoms with Gasteiger partial charge in [0.15, 0.2) is 0 Å². The van der Waals surface area contributed by atoms with Crippen LogP contribution in [0, 0.1) is 0 Å².